The number of aryl methyl sites for hydroxylation is 1. The van der Waals surface area contributed by atoms with E-state index in [0.29, 0.717) is 38.0 Å². The van der Waals surface area contributed by atoms with E-state index in [4.69, 9.17) is 14.0 Å². The molecule has 116 valence electrons. The minimum Gasteiger partial charge on any atom is -0.366 e. The molecular formula is C13H20N4O4. The molecule has 0 radical (unpaired) electrons. The molecule has 0 saturated carbocycles. The fourth-order valence-electron chi connectivity index (χ4n) is 2.44. The highest BCUT2D eigenvalue weighted by atomic mass is 16.5. The smallest absolute Gasteiger partial charge is 0.253 e. The lowest BCUT2D eigenvalue weighted by atomic mass is 10.1. The molecule has 2 aliphatic heterocycles. The van der Waals surface area contributed by atoms with E-state index in [1.807, 2.05) is 7.05 Å². The van der Waals surface area contributed by atoms with Crippen molar-refractivity contribution < 1.29 is 18.8 Å². The topological polar surface area (TPSA) is 80.9 Å². The summed E-state index contributed by atoms with van der Waals surface area (Å²) in [5.41, 5.74) is 0. The molecule has 1 aromatic rings. The molecule has 1 aromatic heterocycles. The first-order chi connectivity index (χ1) is 10.1. The lowest BCUT2D eigenvalue weighted by Crippen LogP contribution is -2.60. The molecule has 3 heterocycles. The highest BCUT2D eigenvalue weighted by molar-refractivity contribution is 5.82. The monoisotopic (exact) mass is 296 g/mol. The number of likely N-dealkylation sites (N-methyl/N-ethyl adjacent to an activating group) is 1. The Hall–Kier alpha value is -1.51. The SMILES string of the molecule is Cc1noc(COC2CN(C(=O)C3CN(C)CCO3)C2)n1. The van der Waals surface area contributed by atoms with Crippen molar-refractivity contribution in [2.24, 2.45) is 0 Å². The molecule has 0 spiro atoms. The van der Waals surface area contributed by atoms with Gasteiger partial charge in [0.25, 0.3) is 11.8 Å². The maximum atomic E-state index is 12.2. The van der Waals surface area contributed by atoms with Crippen LogP contribution in [-0.4, -0.2) is 77.9 Å². The number of hydrogen-bond acceptors (Lipinski definition) is 7. The fourth-order valence-corrected chi connectivity index (χ4v) is 2.44. The van der Waals surface area contributed by atoms with Crippen LogP contribution < -0.4 is 0 Å². The number of nitrogens with zero attached hydrogens (tertiary/aromatic N) is 4. The summed E-state index contributed by atoms with van der Waals surface area (Å²) in [7, 11) is 2.00. The maximum Gasteiger partial charge on any atom is 0.253 e. The highest BCUT2D eigenvalue weighted by Gasteiger charge is 2.37. The van der Waals surface area contributed by atoms with Crippen LogP contribution in [0.2, 0.25) is 0 Å². The summed E-state index contributed by atoms with van der Waals surface area (Å²) in [6.45, 7) is 5.37. The number of morpholine rings is 1. The number of likely N-dealkylation sites (tertiary alicyclic amines) is 1. The molecule has 1 atom stereocenters. The third-order valence-electron chi connectivity index (χ3n) is 3.72. The van der Waals surface area contributed by atoms with E-state index in [0.717, 1.165) is 6.54 Å². The Balaban J connectivity index is 1.40. The van der Waals surface area contributed by atoms with E-state index >= 15 is 0 Å². The Bertz CT molecular complexity index is 500. The second-order valence-electron chi connectivity index (χ2n) is 5.53. The fraction of sp³-hybridized carbons (Fsp3) is 0.769. The van der Waals surface area contributed by atoms with Crippen molar-refractivity contribution in [2.75, 3.05) is 39.8 Å². The van der Waals surface area contributed by atoms with E-state index in [1.54, 1.807) is 11.8 Å². The van der Waals surface area contributed by atoms with Crippen LogP contribution in [0.4, 0.5) is 0 Å². The van der Waals surface area contributed by atoms with Crippen LogP contribution in [-0.2, 0) is 20.9 Å². The number of hydrogen-bond donors (Lipinski definition) is 0. The van der Waals surface area contributed by atoms with Gasteiger partial charge in [0, 0.05) is 26.2 Å². The Morgan fingerprint density at radius 3 is 2.90 bits per heavy atom. The maximum absolute atomic E-state index is 12.2. The summed E-state index contributed by atoms with van der Waals surface area (Å²) >= 11 is 0. The molecule has 8 heteroatoms. The lowest BCUT2D eigenvalue weighted by molar-refractivity contribution is -0.163. The summed E-state index contributed by atoms with van der Waals surface area (Å²) in [4.78, 5) is 20.2. The predicted molar refractivity (Wildman–Crippen MR) is 71.4 cm³/mol. The molecule has 8 nitrogen and oxygen atoms in total. The molecule has 1 amide bonds. The van der Waals surface area contributed by atoms with Crippen molar-refractivity contribution >= 4 is 5.91 Å². The van der Waals surface area contributed by atoms with Crippen molar-refractivity contribution in [3.05, 3.63) is 11.7 Å². The standard InChI is InChI=1S/C13H20N4O4/c1-9-14-12(21-15-9)8-20-10-5-17(6-10)13(18)11-7-16(2)3-4-19-11/h10-11H,3-8H2,1-2H3. The van der Waals surface area contributed by atoms with Crippen LogP contribution in [0.15, 0.2) is 4.52 Å². The average Bonchev–Trinajstić information content (AvgIpc) is 2.82. The Labute approximate surface area is 123 Å². The van der Waals surface area contributed by atoms with Crippen LogP contribution in [0.3, 0.4) is 0 Å². The molecule has 0 aromatic carbocycles. The molecule has 21 heavy (non-hydrogen) atoms. The molecule has 2 aliphatic rings. The Kier molecular flexibility index (Phi) is 4.18. The Morgan fingerprint density at radius 2 is 2.24 bits per heavy atom. The lowest BCUT2D eigenvalue weighted by Gasteiger charge is -2.41. The summed E-state index contributed by atoms with van der Waals surface area (Å²) in [5.74, 6) is 1.11. The number of carbonyl (C=O) groups is 1. The number of aromatic nitrogens is 2. The van der Waals surface area contributed by atoms with Crippen LogP contribution in [0.1, 0.15) is 11.7 Å². The first-order valence-electron chi connectivity index (χ1n) is 7.11. The first-order valence-corrected chi connectivity index (χ1v) is 7.11. The summed E-state index contributed by atoms with van der Waals surface area (Å²) in [5, 5.41) is 3.70. The van der Waals surface area contributed by atoms with Crippen molar-refractivity contribution in [1.29, 1.82) is 0 Å². The highest BCUT2D eigenvalue weighted by Crippen LogP contribution is 2.17. The van der Waals surface area contributed by atoms with Gasteiger partial charge in [0.15, 0.2) is 5.82 Å². The Morgan fingerprint density at radius 1 is 1.43 bits per heavy atom. The van der Waals surface area contributed by atoms with Gasteiger partial charge in [-0.1, -0.05) is 5.16 Å². The number of rotatable bonds is 4. The predicted octanol–water partition coefficient (Wildman–Crippen LogP) is -0.564. The minimum absolute atomic E-state index is 0.0301. The third kappa shape index (κ3) is 3.39. The van der Waals surface area contributed by atoms with E-state index in [2.05, 4.69) is 15.0 Å². The average molecular weight is 296 g/mol. The van der Waals surface area contributed by atoms with Gasteiger partial charge in [-0.05, 0) is 14.0 Å². The molecule has 0 bridgehead atoms. The van der Waals surface area contributed by atoms with Gasteiger partial charge >= 0.3 is 0 Å². The van der Waals surface area contributed by atoms with Crippen LogP contribution >= 0.6 is 0 Å². The molecule has 0 aliphatic carbocycles. The number of carbonyl (C=O) groups excluding carboxylic acids is 1. The zero-order valence-electron chi connectivity index (χ0n) is 12.3. The molecule has 1 unspecified atom stereocenters. The quantitative estimate of drug-likeness (QED) is 0.736. The second-order valence-corrected chi connectivity index (χ2v) is 5.53. The third-order valence-corrected chi connectivity index (χ3v) is 3.72. The zero-order chi connectivity index (χ0) is 14.8. The largest absolute Gasteiger partial charge is 0.366 e. The van der Waals surface area contributed by atoms with E-state index in [9.17, 15) is 4.79 Å². The van der Waals surface area contributed by atoms with Crippen molar-refractivity contribution in [3.8, 4) is 0 Å². The van der Waals surface area contributed by atoms with Gasteiger partial charge in [0.05, 0.1) is 12.7 Å². The van der Waals surface area contributed by atoms with Crippen molar-refractivity contribution in [2.45, 2.75) is 25.7 Å². The summed E-state index contributed by atoms with van der Waals surface area (Å²) < 4.78 is 16.1. The normalized spacial score (nSPS) is 24.1. The minimum atomic E-state index is -0.344. The van der Waals surface area contributed by atoms with Crippen molar-refractivity contribution in [3.63, 3.8) is 0 Å². The molecule has 3 rings (SSSR count). The van der Waals surface area contributed by atoms with Gasteiger partial charge in [0.1, 0.15) is 12.7 Å². The molecule has 2 fully saturated rings. The molecule has 0 N–H and O–H groups in total. The second kappa shape index (κ2) is 6.08. The van der Waals surface area contributed by atoms with Crippen molar-refractivity contribution in [1.82, 2.24) is 19.9 Å². The number of ether oxygens (including phenoxy) is 2. The van der Waals surface area contributed by atoms with E-state index in [1.165, 1.54) is 0 Å². The van der Waals surface area contributed by atoms with Crippen LogP contribution in [0.25, 0.3) is 0 Å². The van der Waals surface area contributed by atoms with Gasteiger partial charge in [-0.2, -0.15) is 4.98 Å². The molecular weight excluding hydrogens is 276 g/mol. The van der Waals surface area contributed by atoms with Crippen LogP contribution in [0.5, 0.6) is 0 Å². The number of amides is 1. The van der Waals surface area contributed by atoms with Gasteiger partial charge in [-0.3, -0.25) is 4.79 Å². The zero-order valence-corrected chi connectivity index (χ0v) is 12.3. The van der Waals surface area contributed by atoms with Gasteiger partial charge in [0.2, 0.25) is 0 Å². The summed E-state index contributed by atoms with van der Waals surface area (Å²) in [6, 6.07) is 0. The van der Waals surface area contributed by atoms with Gasteiger partial charge < -0.3 is 23.8 Å². The van der Waals surface area contributed by atoms with E-state index in [-0.39, 0.29) is 24.7 Å². The van der Waals surface area contributed by atoms with Gasteiger partial charge in [-0.15, -0.1) is 0 Å². The van der Waals surface area contributed by atoms with Crippen LogP contribution in [0, 0.1) is 6.92 Å². The summed E-state index contributed by atoms with van der Waals surface area (Å²) in [6.07, 6.45) is -0.314. The van der Waals surface area contributed by atoms with E-state index < -0.39 is 0 Å². The first kappa shape index (κ1) is 14.4. The van der Waals surface area contributed by atoms with Gasteiger partial charge in [-0.25, -0.2) is 0 Å². The molecule has 2 saturated heterocycles.